The van der Waals surface area contributed by atoms with Gasteiger partial charge in [-0.05, 0) is 71.1 Å². The molecule has 2 N–H and O–H groups in total. The molecule has 6 heterocycles. The lowest BCUT2D eigenvalue weighted by Crippen LogP contribution is -2.58. The summed E-state index contributed by atoms with van der Waals surface area (Å²) in [6, 6.07) is 2.78. The number of aromatic nitrogens is 3. The molecule has 2 amide bonds. The van der Waals surface area contributed by atoms with E-state index in [2.05, 4.69) is 35.6 Å². The molecule has 0 radical (unpaired) electrons. The SMILES string of the molecule is CC(C)c1cnn2c(NCC3CC4CCC(C3)N4C(=O)OC3CN(C(=O)OC(C)(C)C)C3)cc(NC3CCOCC3)nc12. The van der Waals surface area contributed by atoms with Gasteiger partial charge in [-0.2, -0.15) is 9.61 Å². The molecule has 2 bridgehead atoms. The van der Waals surface area contributed by atoms with Gasteiger partial charge >= 0.3 is 12.2 Å². The quantitative estimate of drug-likeness (QED) is 0.461. The highest BCUT2D eigenvalue weighted by Crippen LogP contribution is 2.39. The fourth-order valence-corrected chi connectivity index (χ4v) is 6.83. The van der Waals surface area contributed by atoms with E-state index in [0.717, 1.165) is 81.1 Å². The van der Waals surface area contributed by atoms with Crippen LogP contribution in [0, 0.1) is 5.92 Å². The van der Waals surface area contributed by atoms with Crippen LogP contribution in [0.25, 0.3) is 5.65 Å². The summed E-state index contributed by atoms with van der Waals surface area (Å²) in [6.45, 7) is 13.0. The predicted molar refractivity (Wildman–Crippen MR) is 162 cm³/mol. The molecule has 2 aromatic heterocycles. The number of nitrogens with one attached hydrogen (secondary N) is 2. The number of hydrogen-bond donors (Lipinski definition) is 2. The first-order valence-corrected chi connectivity index (χ1v) is 16.0. The van der Waals surface area contributed by atoms with Gasteiger partial charge in [-0.1, -0.05) is 13.8 Å². The van der Waals surface area contributed by atoms with E-state index in [1.54, 1.807) is 4.90 Å². The van der Waals surface area contributed by atoms with E-state index in [4.69, 9.17) is 19.2 Å². The molecule has 2 aromatic rings. The Labute approximate surface area is 253 Å². The van der Waals surface area contributed by atoms with Crippen molar-refractivity contribution in [3.63, 3.8) is 0 Å². The van der Waals surface area contributed by atoms with E-state index in [9.17, 15) is 9.59 Å². The molecule has 43 heavy (non-hydrogen) atoms. The number of hydrogen-bond acceptors (Lipinski definition) is 9. The Kier molecular flexibility index (Phi) is 8.32. The van der Waals surface area contributed by atoms with Gasteiger partial charge in [0, 0.05) is 49.5 Å². The maximum absolute atomic E-state index is 13.2. The average molecular weight is 598 g/mol. The molecule has 2 atom stereocenters. The largest absolute Gasteiger partial charge is 0.444 e. The lowest BCUT2D eigenvalue weighted by atomic mass is 9.91. The van der Waals surface area contributed by atoms with Crippen molar-refractivity contribution in [1.82, 2.24) is 24.4 Å². The third-order valence-electron chi connectivity index (χ3n) is 9.08. The Morgan fingerprint density at radius 1 is 1.07 bits per heavy atom. The van der Waals surface area contributed by atoms with Crippen molar-refractivity contribution in [1.29, 1.82) is 0 Å². The van der Waals surface area contributed by atoms with Crippen LogP contribution in [0.15, 0.2) is 12.3 Å². The number of carbonyl (C=O) groups is 2. The lowest BCUT2D eigenvalue weighted by molar-refractivity contribution is -0.0495. The molecule has 0 aromatic carbocycles. The Morgan fingerprint density at radius 3 is 2.42 bits per heavy atom. The predicted octanol–water partition coefficient (Wildman–Crippen LogP) is 4.85. The number of nitrogens with zero attached hydrogens (tertiary/aromatic N) is 5. The number of anilines is 2. The zero-order valence-corrected chi connectivity index (χ0v) is 26.2. The Bertz CT molecular complexity index is 1300. The van der Waals surface area contributed by atoms with Crippen molar-refractivity contribution in [3.05, 3.63) is 17.8 Å². The number of rotatable bonds is 7. The highest BCUT2D eigenvalue weighted by Gasteiger charge is 2.46. The first kappa shape index (κ1) is 29.8. The van der Waals surface area contributed by atoms with Crippen molar-refractivity contribution in [3.8, 4) is 0 Å². The molecule has 0 aliphatic carbocycles. The molecule has 236 valence electrons. The molecule has 12 heteroatoms. The second kappa shape index (κ2) is 12.0. The maximum Gasteiger partial charge on any atom is 0.410 e. The number of carbonyl (C=O) groups excluding carboxylic acids is 2. The fraction of sp³-hybridized carbons (Fsp3) is 0.742. The van der Waals surface area contributed by atoms with Gasteiger partial charge in [0.1, 0.15) is 23.3 Å². The van der Waals surface area contributed by atoms with Crippen LogP contribution in [0.2, 0.25) is 0 Å². The van der Waals surface area contributed by atoms with Crippen LogP contribution < -0.4 is 10.6 Å². The molecule has 6 rings (SSSR count). The van der Waals surface area contributed by atoms with Crippen molar-refractivity contribution in [2.75, 3.05) is 43.5 Å². The van der Waals surface area contributed by atoms with Crippen LogP contribution in [0.3, 0.4) is 0 Å². The summed E-state index contributed by atoms with van der Waals surface area (Å²) < 4.78 is 18.7. The molecule has 4 aliphatic heterocycles. The molecule has 0 saturated carbocycles. The maximum atomic E-state index is 13.2. The standard InChI is InChI=1S/C31H47N7O5/c1-19(2)25-16-33-38-27(14-26(35-28(25)38)34-21-8-10-41-11-9-21)32-15-20-12-22-6-7-23(13-20)37(22)30(40)42-24-17-36(18-24)29(39)43-31(3,4)5/h14,16,19-24,32H,6-13,15,17-18H2,1-5H3,(H,34,35). The van der Waals surface area contributed by atoms with Gasteiger partial charge in [-0.15, -0.1) is 0 Å². The van der Waals surface area contributed by atoms with Crippen LogP contribution in [-0.2, 0) is 14.2 Å². The van der Waals surface area contributed by atoms with Crippen molar-refractivity contribution >= 4 is 29.5 Å². The molecule has 4 aliphatic rings. The van der Waals surface area contributed by atoms with E-state index in [1.165, 1.54) is 0 Å². The van der Waals surface area contributed by atoms with Gasteiger partial charge in [0.05, 0.1) is 19.3 Å². The van der Waals surface area contributed by atoms with Gasteiger partial charge < -0.3 is 34.6 Å². The van der Waals surface area contributed by atoms with E-state index >= 15 is 0 Å². The topological polar surface area (TPSA) is 123 Å². The smallest absolute Gasteiger partial charge is 0.410 e. The van der Waals surface area contributed by atoms with Crippen LogP contribution in [-0.4, -0.2) is 99.3 Å². The van der Waals surface area contributed by atoms with E-state index in [1.807, 2.05) is 36.4 Å². The molecular formula is C31H47N7O5. The van der Waals surface area contributed by atoms with Crippen LogP contribution >= 0.6 is 0 Å². The molecule has 0 spiro atoms. The molecule has 4 saturated heterocycles. The van der Waals surface area contributed by atoms with Gasteiger partial charge in [-0.25, -0.2) is 14.6 Å². The fourth-order valence-electron chi connectivity index (χ4n) is 6.83. The monoisotopic (exact) mass is 597 g/mol. The third kappa shape index (κ3) is 6.63. The number of ether oxygens (including phenoxy) is 3. The number of likely N-dealkylation sites (tertiary alicyclic amines) is 1. The van der Waals surface area contributed by atoms with Gasteiger partial charge in [0.15, 0.2) is 5.65 Å². The minimum atomic E-state index is -0.542. The minimum Gasteiger partial charge on any atom is -0.444 e. The first-order valence-electron chi connectivity index (χ1n) is 16.0. The average Bonchev–Trinajstić information content (AvgIpc) is 3.47. The van der Waals surface area contributed by atoms with Crippen LogP contribution in [0.5, 0.6) is 0 Å². The van der Waals surface area contributed by atoms with E-state index in [0.29, 0.717) is 31.0 Å². The zero-order chi connectivity index (χ0) is 30.3. The summed E-state index contributed by atoms with van der Waals surface area (Å²) in [6.07, 6.45) is 6.86. The summed E-state index contributed by atoms with van der Waals surface area (Å²) >= 11 is 0. The van der Waals surface area contributed by atoms with Gasteiger partial charge in [0.25, 0.3) is 0 Å². The first-order chi connectivity index (χ1) is 20.5. The van der Waals surface area contributed by atoms with E-state index in [-0.39, 0.29) is 30.4 Å². The second-order valence-corrected chi connectivity index (χ2v) is 13.9. The normalized spacial score (nSPS) is 24.7. The van der Waals surface area contributed by atoms with Crippen molar-refractivity contribution in [2.24, 2.45) is 5.92 Å². The highest BCUT2D eigenvalue weighted by atomic mass is 16.6. The second-order valence-electron chi connectivity index (χ2n) is 13.9. The van der Waals surface area contributed by atoms with Crippen LogP contribution in [0.1, 0.15) is 84.6 Å². The summed E-state index contributed by atoms with van der Waals surface area (Å²) in [7, 11) is 0. The Balaban J connectivity index is 1.05. The molecule has 4 fully saturated rings. The van der Waals surface area contributed by atoms with E-state index < -0.39 is 5.60 Å². The van der Waals surface area contributed by atoms with Gasteiger partial charge in [-0.3, -0.25) is 0 Å². The Hall–Kier alpha value is -3.28. The molecular weight excluding hydrogens is 550 g/mol. The van der Waals surface area contributed by atoms with Gasteiger partial charge in [0.2, 0.25) is 0 Å². The van der Waals surface area contributed by atoms with Crippen LogP contribution in [0.4, 0.5) is 21.2 Å². The minimum absolute atomic E-state index is 0.181. The third-order valence-corrected chi connectivity index (χ3v) is 9.08. The number of fused-ring (bicyclic) bond motifs is 3. The zero-order valence-electron chi connectivity index (χ0n) is 26.2. The van der Waals surface area contributed by atoms with Crippen molar-refractivity contribution < 1.29 is 23.8 Å². The summed E-state index contributed by atoms with van der Waals surface area (Å²) in [5.41, 5.74) is 1.47. The number of amides is 2. The lowest BCUT2D eigenvalue weighted by Gasteiger charge is -2.42. The molecule has 2 unspecified atom stereocenters. The summed E-state index contributed by atoms with van der Waals surface area (Å²) in [5.74, 6) is 2.54. The molecule has 12 nitrogen and oxygen atoms in total. The van der Waals surface area contributed by atoms with Crippen molar-refractivity contribution in [2.45, 2.75) is 109 Å². The summed E-state index contributed by atoms with van der Waals surface area (Å²) in [5, 5.41) is 12.0. The summed E-state index contributed by atoms with van der Waals surface area (Å²) in [4.78, 5) is 33.9. The number of piperidine rings is 1. The highest BCUT2D eigenvalue weighted by molar-refractivity contribution is 5.71. The Morgan fingerprint density at radius 2 is 1.77 bits per heavy atom.